The van der Waals surface area contributed by atoms with Crippen molar-refractivity contribution in [1.29, 1.82) is 0 Å². The smallest absolute Gasteiger partial charge is 0.328 e. The third-order valence-electron chi connectivity index (χ3n) is 11.6. The Labute approximate surface area is 350 Å². The van der Waals surface area contributed by atoms with Crippen LogP contribution in [0.2, 0.25) is 0 Å². The maximum atomic E-state index is 14.3. The number of esters is 1. The molecule has 4 amide bonds. The third-order valence-corrected chi connectivity index (χ3v) is 12.7. The van der Waals surface area contributed by atoms with Gasteiger partial charge in [0.25, 0.3) is 0 Å². The van der Waals surface area contributed by atoms with Crippen molar-refractivity contribution in [3.8, 4) is 5.75 Å². The number of ether oxygens (including phenoxy) is 2. The summed E-state index contributed by atoms with van der Waals surface area (Å²) < 4.78 is 11.4. The predicted molar refractivity (Wildman–Crippen MR) is 229 cm³/mol. The second-order valence-corrected chi connectivity index (χ2v) is 18.2. The first-order valence-corrected chi connectivity index (χ1v) is 21.2. The van der Waals surface area contributed by atoms with E-state index in [1.807, 2.05) is 53.7 Å². The lowest BCUT2D eigenvalue weighted by molar-refractivity contribution is -0.166. The Kier molecular flexibility index (Phi) is 17.2. The van der Waals surface area contributed by atoms with E-state index in [9.17, 15) is 29.1 Å². The largest absolute Gasteiger partial charge is 0.497 e. The van der Waals surface area contributed by atoms with Gasteiger partial charge in [-0.25, -0.2) is 4.79 Å². The van der Waals surface area contributed by atoms with Gasteiger partial charge in [0.05, 0.1) is 24.3 Å². The van der Waals surface area contributed by atoms with Crippen LogP contribution in [0.4, 0.5) is 0 Å². The first-order chi connectivity index (χ1) is 27.0. The Morgan fingerprint density at radius 2 is 1.57 bits per heavy atom. The maximum Gasteiger partial charge on any atom is 0.328 e. The number of hydrogen-bond donors (Lipinski definition) is 2. The number of fused-ring (bicyclic) bond motifs is 1. The molecule has 9 atom stereocenters. The molecule has 0 saturated carbocycles. The molecule has 58 heavy (non-hydrogen) atoms. The van der Waals surface area contributed by atoms with Gasteiger partial charge in [0.1, 0.15) is 36.0 Å². The Morgan fingerprint density at radius 3 is 2.14 bits per heavy atom. The van der Waals surface area contributed by atoms with E-state index in [4.69, 9.17) is 14.5 Å². The van der Waals surface area contributed by atoms with Crippen molar-refractivity contribution in [3.05, 3.63) is 53.6 Å². The minimum atomic E-state index is -1.06. The lowest BCUT2D eigenvalue weighted by Crippen LogP contribution is -2.59. The number of thioether (sulfide) groups is 1. The molecule has 3 rings (SSSR count). The Balaban J connectivity index is 2.09. The molecule has 0 spiro atoms. The van der Waals surface area contributed by atoms with E-state index in [1.54, 1.807) is 46.1 Å². The normalized spacial score (nSPS) is 29.8. The van der Waals surface area contributed by atoms with Gasteiger partial charge < -0.3 is 34.6 Å². The zero-order valence-electron chi connectivity index (χ0n) is 36.8. The Morgan fingerprint density at radius 1 is 0.966 bits per heavy atom. The molecule has 14 heteroatoms. The summed E-state index contributed by atoms with van der Waals surface area (Å²) in [6.45, 7) is 20.7. The zero-order valence-corrected chi connectivity index (χ0v) is 37.6. The average molecular weight is 826 g/mol. The van der Waals surface area contributed by atoms with Gasteiger partial charge in [0.2, 0.25) is 23.6 Å². The molecule has 13 nitrogen and oxygen atoms in total. The van der Waals surface area contributed by atoms with Crippen LogP contribution in [0, 0.1) is 17.3 Å². The number of likely N-dealkylation sites (N-methyl/N-ethyl adjacent to an activating group) is 3. The van der Waals surface area contributed by atoms with Crippen molar-refractivity contribution in [2.45, 2.75) is 130 Å². The summed E-state index contributed by atoms with van der Waals surface area (Å²) in [7, 11) is 6.13. The SMILES string of the molecule is C=C1C2=N[C@@H](/C=C(\C)C(=O)N[C@@H](Cc3ccc(OC)cc3)C(=O)N(C)[C@@H](C)C(=O)N(C)[C@@H]([C@@H](C)CC)C(=O)N(C)[C@@H](C)C(=O)O[C@H](C(C)(C)C)C[C@@H](C)C[C@@H]1O)CS2. The summed E-state index contributed by atoms with van der Waals surface area (Å²) in [5.41, 5.74) is 1.15. The van der Waals surface area contributed by atoms with Crippen LogP contribution >= 0.6 is 11.8 Å². The summed E-state index contributed by atoms with van der Waals surface area (Å²) in [4.78, 5) is 79.1. The standard InChI is InChI=1S/C44H67N5O8S/c1-15-26(3)37-42(54)48(12)30(7)43(55)57-36(44(8,9)10)21-25(2)20-35(50)28(5)39-45-32(24-58-39)22-27(4)38(51)46-34(23-31-16-18-33(56-14)19-17-31)41(53)47(11)29(6)40(52)49(37)13/h16-19,22,25-26,29-30,32,34-37,50H,5,15,20-21,23-24H2,1-4,6-14H3,(H,46,51)/b27-22+/t25-,26-,29-,30-,32-,34-,35-,36-,37-/m0/s1. The van der Waals surface area contributed by atoms with Crippen LogP contribution in [-0.4, -0.2) is 131 Å². The number of nitrogens with zero attached hydrogens (tertiary/aromatic N) is 4. The van der Waals surface area contributed by atoms with E-state index < -0.39 is 71.4 Å². The molecule has 1 aromatic carbocycles. The van der Waals surface area contributed by atoms with Crippen LogP contribution in [0.25, 0.3) is 0 Å². The average Bonchev–Trinajstić information content (AvgIpc) is 3.65. The monoisotopic (exact) mass is 825 g/mol. The van der Waals surface area contributed by atoms with Crippen LogP contribution in [0.1, 0.15) is 87.1 Å². The number of aliphatic hydroxyl groups is 1. The maximum absolute atomic E-state index is 14.3. The quantitative estimate of drug-likeness (QED) is 0.388. The van der Waals surface area contributed by atoms with Crippen molar-refractivity contribution in [1.82, 2.24) is 20.0 Å². The summed E-state index contributed by atoms with van der Waals surface area (Å²) in [6.07, 6.45) is 1.80. The van der Waals surface area contributed by atoms with Gasteiger partial charge in [-0.3, -0.25) is 24.2 Å². The molecule has 2 aliphatic rings. The lowest BCUT2D eigenvalue weighted by atomic mass is 9.82. The van der Waals surface area contributed by atoms with E-state index in [1.165, 1.54) is 47.6 Å². The number of methoxy groups -OCH3 is 1. The molecule has 0 aliphatic carbocycles. The molecule has 0 saturated heterocycles. The van der Waals surface area contributed by atoms with Crippen molar-refractivity contribution >= 4 is 46.4 Å². The Hall–Kier alpha value is -4.17. The Bertz CT molecular complexity index is 1720. The van der Waals surface area contributed by atoms with Crippen molar-refractivity contribution in [3.63, 3.8) is 0 Å². The highest BCUT2D eigenvalue weighted by molar-refractivity contribution is 8.14. The van der Waals surface area contributed by atoms with Crippen LogP contribution < -0.4 is 10.1 Å². The van der Waals surface area contributed by atoms with Crippen molar-refractivity contribution in [2.75, 3.05) is 34.0 Å². The van der Waals surface area contributed by atoms with Gasteiger partial charge in [-0.05, 0) is 68.6 Å². The van der Waals surface area contributed by atoms with Crippen LogP contribution in [0.15, 0.2) is 53.1 Å². The fourth-order valence-electron chi connectivity index (χ4n) is 7.03. The molecular weight excluding hydrogens is 759 g/mol. The topological polar surface area (TPSA) is 158 Å². The van der Waals surface area contributed by atoms with Gasteiger partial charge in [0, 0.05) is 44.5 Å². The van der Waals surface area contributed by atoms with E-state index in [2.05, 4.69) is 11.9 Å². The van der Waals surface area contributed by atoms with Crippen LogP contribution in [-0.2, 0) is 35.1 Å². The molecule has 322 valence electrons. The van der Waals surface area contributed by atoms with Gasteiger partial charge in [-0.15, -0.1) is 11.8 Å². The van der Waals surface area contributed by atoms with E-state index in [0.717, 1.165) is 5.56 Å². The second kappa shape index (κ2) is 20.7. The van der Waals surface area contributed by atoms with Gasteiger partial charge in [-0.2, -0.15) is 0 Å². The molecular formula is C44H67N5O8S. The number of amides is 4. The van der Waals surface area contributed by atoms with Gasteiger partial charge in [-0.1, -0.05) is 72.8 Å². The highest BCUT2D eigenvalue weighted by Gasteiger charge is 2.41. The number of rotatable bonds is 5. The number of aliphatic imine (C=N–C) groups is 1. The fraction of sp³-hybridized carbons (Fsp3) is 0.636. The molecule has 0 radical (unpaired) electrons. The van der Waals surface area contributed by atoms with E-state index >= 15 is 0 Å². The lowest BCUT2D eigenvalue weighted by Gasteiger charge is -2.39. The highest BCUT2D eigenvalue weighted by atomic mass is 32.2. The number of aliphatic hydroxyl groups excluding tert-OH is 1. The molecule has 0 unspecified atom stereocenters. The summed E-state index contributed by atoms with van der Waals surface area (Å²) in [5.74, 6) is -1.66. The summed E-state index contributed by atoms with van der Waals surface area (Å²) >= 11 is 1.45. The minimum absolute atomic E-state index is 0.0790. The fourth-order valence-corrected chi connectivity index (χ4v) is 8.07. The molecule has 2 aliphatic heterocycles. The molecule has 2 heterocycles. The van der Waals surface area contributed by atoms with E-state index in [0.29, 0.717) is 47.0 Å². The molecule has 1 aromatic rings. The predicted octanol–water partition coefficient (Wildman–Crippen LogP) is 5.05. The molecule has 2 N–H and O–H groups in total. The first kappa shape index (κ1) is 48.2. The first-order valence-electron chi connectivity index (χ1n) is 20.2. The number of cyclic esters (lactones) is 1. The number of nitrogens with one attached hydrogen (secondary N) is 1. The summed E-state index contributed by atoms with van der Waals surface area (Å²) in [6, 6.07) is 2.79. The number of carbonyl (C=O) groups excluding carboxylic acids is 5. The highest BCUT2D eigenvalue weighted by Crippen LogP contribution is 2.32. The van der Waals surface area contributed by atoms with Gasteiger partial charge >= 0.3 is 5.97 Å². The van der Waals surface area contributed by atoms with Crippen LogP contribution in [0.5, 0.6) is 5.75 Å². The minimum Gasteiger partial charge on any atom is -0.497 e. The van der Waals surface area contributed by atoms with Gasteiger partial charge in [0.15, 0.2) is 0 Å². The number of hydrogen-bond acceptors (Lipinski definition) is 10. The summed E-state index contributed by atoms with van der Waals surface area (Å²) in [5, 5.41) is 14.8. The zero-order chi connectivity index (χ0) is 43.8. The van der Waals surface area contributed by atoms with Crippen molar-refractivity contribution in [2.24, 2.45) is 22.2 Å². The van der Waals surface area contributed by atoms with Crippen LogP contribution in [0.3, 0.4) is 0 Å². The van der Waals surface area contributed by atoms with E-state index in [-0.39, 0.29) is 24.3 Å². The number of carbonyl (C=O) groups is 5. The third kappa shape index (κ3) is 12.2. The molecule has 0 fully saturated rings. The molecule has 0 aromatic heterocycles. The second-order valence-electron chi connectivity index (χ2n) is 17.2. The van der Waals surface area contributed by atoms with Crippen molar-refractivity contribution < 1.29 is 38.6 Å². The molecule has 2 bridgehead atoms. The number of benzene rings is 1.